The van der Waals surface area contributed by atoms with Crippen molar-refractivity contribution >= 4 is 11.6 Å². The number of nitrogens with zero attached hydrogens (tertiary/aromatic N) is 1. The molecule has 0 radical (unpaired) electrons. The molecular formula is C17H26ClFN2. The van der Waals surface area contributed by atoms with Gasteiger partial charge >= 0.3 is 0 Å². The smallest absolute Gasteiger partial charge is 0.141 e. The van der Waals surface area contributed by atoms with Crippen LogP contribution in [-0.2, 0) is 6.54 Å². The van der Waals surface area contributed by atoms with Gasteiger partial charge in [-0.05, 0) is 44.4 Å². The second-order valence-electron chi connectivity index (χ2n) is 6.77. The van der Waals surface area contributed by atoms with E-state index < -0.39 is 0 Å². The van der Waals surface area contributed by atoms with Crippen LogP contribution in [-0.4, -0.2) is 29.1 Å². The van der Waals surface area contributed by atoms with Crippen molar-refractivity contribution in [1.82, 2.24) is 10.2 Å². The van der Waals surface area contributed by atoms with Gasteiger partial charge in [-0.2, -0.15) is 0 Å². The average molecular weight is 313 g/mol. The number of piperazine rings is 1. The summed E-state index contributed by atoms with van der Waals surface area (Å²) in [5, 5.41) is 3.87. The van der Waals surface area contributed by atoms with Crippen molar-refractivity contribution in [2.45, 2.75) is 58.2 Å². The maximum Gasteiger partial charge on any atom is 0.141 e. The maximum atomic E-state index is 13.3. The van der Waals surface area contributed by atoms with E-state index in [0.29, 0.717) is 0 Å². The van der Waals surface area contributed by atoms with Crippen LogP contribution in [0.5, 0.6) is 0 Å². The van der Waals surface area contributed by atoms with Crippen molar-refractivity contribution < 1.29 is 4.39 Å². The highest BCUT2D eigenvalue weighted by atomic mass is 35.5. The average Bonchev–Trinajstić information content (AvgIpc) is 2.43. The zero-order valence-electron chi connectivity index (χ0n) is 13.5. The van der Waals surface area contributed by atoms with E-state index in [1.165, 1.54) is 6.07 Å². The summed E-state index contributed by atoms with van der Waals surface area (Å²) in [6, 6.07) is 5.05. The zero-order valence-corrected chi connectivity index (χ0v) is 14.2. The van der Waals surface area contributed by atoms with E-state index in [1.54, 1.807) is 6.07 Å². The Morgan fingerprint density at radius 2 is 1.95 bits per heavy atom. The normalized spacial score (nSPS) is 21.4. The van der Waals surface area contributed by atoms with Gasteiger partial charge in [-0.3, -0.25) is 4.90 Å². The first-order chi connectivity index (χ1) is 9.82. The molecule has 0 unspecified atom stereocenters. The van der Waals surface area contributed by atoms with Crippen LogP contribution in [0.3, 0.4) is 0 Å². The summed E-state index contributed by atoms with van der Waals surface area (Å²) in [6.07, 6.45) is 2.20. The topological polar surface area (TPSA) is 15.3 Å². The molecule has 1 fully saturated rings. The van der Waals surface area contributed by atoms with Gasteiger partial charge in [0.1, 0.15) is 5.82 Å². The van der Waals surface area contributed by atoms with Gasteiger partial charge in [0.15, 0.2) is 0 Å². The van der Waals surface area contributed by atoms with Gasteiger partial charge in [-0.1, -0.05) is 31.5 Å². The fourth-order valence-electron chi connectivity index (χ4n) is 3.25. The largest absolute Gasteiger partial charge is 0.309 e. The van der Waals surface area contributed by atoms with Crippen LogP contribution in [0, 0.1) is 5.82 Å². The van der Waals surface area contributed by atoms with Crippen LogP contribution in [0.25, 0.3) is 0 Å². The summed E-state index contributed by atoms with van der Waals surface area (Å²) in [4.78, 5) is 2.53. The van der Waals surface area contributed by atoms with Crippen LogP contribution in [0.15, 0.2) is 18.2 Å². The standard InChI is InChI=1S/C17H26ClFN2/c1-5-17(6-2)11-20-16(3,4)12-21(17)10-13-7-8-15(19)14(18)9-13/h7-9,20H,5-6,10-12H2,1-4H3. The zero-order chi connectivity index (χ0) is 15.7. The van der Waals surface area contributed by atoms with Crippen molar-refractivity contribution in [3.8, 4) is 0 Å². The molecule has 0 amide bonds. The molecule has 1 aromatic rings. The van der Waals surface area contributed by atoms with Crippen molar-refractivity contribution in [3.63, 3.8) is 0 Å². The molecule has 0 spiro atoms. The Bertz CT molecular complexity index is 498. The number of hydrogen-bond donors (Lipinski definition) is 1. The molecule has 118 valence electrons. The van der Waals surface area contributed by atoms with Crippen molar-refractivity contribution in [2.75, 3.05) is 13.1 Å². The number of rotatable bonds is 4. The third-order valence-corrected chi connectivity index (χ3v) is 5.12. The Hall–Kier alpha value is -0.640. The van der Waals surface area contributed by atoms with E-state index in [0.717, 1.165) is 38.0 Å². The quantitative estimate of drug-likeness (QED) is 0.895. The van der Waals surface area contributed by atoms with E-state index in [1.807, 2.05) is 6.07 Å². The molecular weight excluding hydrogens is 287 g/mol. The monoisotopic (exact) mass is 312 g/mol. The second-order valence-corrected chi connectivity index (χ2v) is 7.18. The van der Waals surface area contributed by atoms with Gasteiger partial charge < -0.3 is 5.32 Å². The Morgan fingerprint density at radius 3 is 2.52 bits per heavy atom. The van der Waals surface area contributed by atoms with E-state index in [2.05, 4.69) is 37.9 Å². The van der Waals surface area contributed by atoms with Crippen molar-refractivity contribution in [1.29, 1.82) is 0 Å². The summed E-state index contributed by atoms with van der Waals surface area (Å²) in [7, 11) is 0. The summed E-state index contributed by atoms with van der Waals surface area (Å²) in [6.45, 7) is 11.7. The van der Waals surface area contributed by atoms with Gasteiger partial charge in [-0.25, -0.2) is 4.39 Å². The lowest BCUT2D eigenvalue weighted by molar-refractivity contribution is 0.00232. The first kappa shape index (κ1) is 16.7. The van der Waals surface area contributed by atoms with Crippen LogP contribution >= 0.6 is 11.6 Å². The maximum absolute atomic E-state index is 13.3. The highest BCUT2D eigenvalue weighted by Crippen LogP contribution is 2.32. The predicted octanol–water partition coefficient (Wildman–Crippen LogP) is 4.22. The lowest BCUT2D eigenvalue weighted by atomic mass is 9.84. The Labute approximate surface area is 132 Å². The van der Waals surface area contributed by atoms with Gasteiger partial charge in [0.25, 0.3) is 0 Å². The van der Waals surface area contributed by atoms with Gasteiger partial charge in [0, 0.05) is 30.7 Å². The van der Waals surface area contributed by atoms with Crippen molar-refractivity contribution in [3.05, 3.63) is 34.6 Å². The molecule has 1 aliphatic heterocycles. The number of benzene rings is 1. The van der Waals surface area contributed by atoms with Crippen LogP contribution < -0.4 is 5.32 Å². The Kier molecular flexibility index (Phi) is 4.96. The molecule has 1 saturated heterocycles. The third-order valence-electron chi connectivity index (χ3n) is 4.83. The van der Waals surface area contributed by atoms with E-state index in [9.17, 15) is 4.39 Å². The lowest BCUT2D eigenvalue weighted by Crippen LogP contribution is -2.67. The summed E-state index contributed by atoms with van der Waals surface area (Å²) in [5.41, 5.74) is 1.33. The van der Waals surface area contributed by atoms with E-state index in [-0.39, 0.29) is 21.9 Å². The summed E-state index contributed by atoms with van der Waals surface area (Å²) in [5.74, 6) is -0.349. The minimum Gasteiger partial charge on any atom is -0.309 e. The van der Waals surface area contributed by atoms with E-state index >= 15 is 0 Å². The Morgan fingerprint density at radius 1 is 1.29 bits per heavy atom. The molecule has 0 saturated carbocycles. The molecule has 1 aromatic carbocycles. The predicted molar refractivity (Wildman–Crippen MR) is 87.2 cm³/mol. The first-order valence-electron chi connectivity index (χ1n) is 7.76. The molecule has 1 heterocycles. The number of nitrogens with one attached hydrogen (secondary N) is 1. The number of hydrogen-bond acceptors (Lipinski definition) is 2. The van der Waals surface area contributed by atoms with Gasteiger partial charge in [-0.15, -0.1) is 0 Å². The van der Waals surface area contributed by atoms with Crippen LogP contribution in [0.2, 0.25) is 5.02 Å². The SMILES string of the molecule is CCC1(CC)CNC(C)(C)CN1Cc1ccc(F)c(Cl)c1. The molecule has 0 aromatic heterocycles. The first-order valence-corrected chi connectivity index (χ1v) is 8.14. The molecule has 2 rings (SSSR count). The fraction of sp³-hybridized carbons (Fsp3) is 0.647. The minimum atomic E-state index is -0.349. The van der Waals surface area contributed by atoms with Gasteiger partial charge in [0.2, 0.25) is 0 Å². The molecule has 2 nitrogen and oxygen atoms in total. The summed E-state index contributed by atoms with van der Waals surface area (Å²) < 4.78 is 13.3. The second kappa shape index (κ2) is 6.23. The van der Waals surface area contributed by atoms with Crippen LogP contribution in [0.1, 0.15) is 46.1 Å². The minimum absolute atomic E-state index is 0.0949. The highest BCUT2D eigenvalue weighted by Gasteiger charge is 2.41. The Balaban J connectivity index is 2.25. The molecule has 4 heteroatoms. The molecule has 0 atom stereocenters. The summed E-state index contributed by atoms with van der Waals surface area (Å²) >= 11 is 5.92. The van der Waals surface area contributed by atoms with Gasteiger partial charge in [0.05, 0.1) is 5.02 Å². The van der Waals surface area contributed by atoms with Crippen LogP contribution in [0.4, 0.5) is 4.39 Å². The molecule has 21 heavy (non-hydrogen) atoms. The number of halogens is 2. The fourth-order valence-corrected chi connectivity index (χ4v) is 3.45. The lowest BCUT2D eigenvalue weighted by Gasteiger charge is -2.52. The third kappa shape index (κ3) is 3.58. The highest BCUT2D eigenvalue weighted by molar-refractivity contribution is 6.30. The van der Waals surface area contributed by atoms with Crippen molar-refractivity contribution in [2.24, 2.45) is 0 Å². The molecule has 0 bridgehead atoms. The molecule has 1 aliphatic rings. The van der Waals surface area contributed by atoms with E-state index in [4.69, 9.17) is 11.6 Å². The molecule has 1 N–H and O–H groups in total. The molecule has 0 aliphatic carbocycles.